The molecule has 1 heterocycles. The molecule has 0 aliphatic carbocycles. The first kappa shape index (κ1) is 17.4. The van der Waals surface area contributed by atoms with Crippen molar-refractivity contribution in [2.75, 3.05) is 17.5 Å². The zero-order chi connectivity index (χ0) is 17.3. The van der Waals surface area contributed by atoms with Crippen LogP contribution in [0.2, 0.25) is 0 Å². The van der Waals surface area contributed by atoms with Crippen LogP contribution >= 0.6 is 15.9 Å². The SMILES string of the molecule is Cc1ccc(S(=O)(=O)N2c3ccccc3[C@H](Br)[C@H]2OCCO)cc1. The molecule has 5 nitrogen and oxygen atoms in total. The number of nitrogens with zero attached hydrogens (tertiary/aromatic N) is 1. The van der Waals surface area contributed by atoms with Crippen LogP contribution in [0.15, 0.2) is 53.4 Å². The first-order chi connectivity index (χ1) is 11.5. The largest absolute Gasteiger partial charge is 0.394 e. The summed E-state index contributed by atoms with van der Waals surface area (Å²) >= 11 is 3.54. The third-order valence-corrected chi connectivity index (χ3v) is 6.65. The van der Waals surface area contributed by atoms with Crippen molar-refractivity contribution in [3.8, 4) is 0 Å². The Kier molecular flexibility index (Phi) is 4.96. The summed E-state index contributed by atoms with van der Waals surface area (Å²) in [7, 11) is -3.78. The monoisotopic (exact) mass is 411 g/mol. The third-order valence-electron chi connectivity index (χ3n) is 3.91. The molecule has 1 aliphatic rings. The maximum Gasteiger partial charge on any atom is 0.266 e. The summed E-state index contributed by atoms with van der Waals surface area (Å²) in [5.74, 6) is 0. The maximum atomic E-state index is 13.2. The molecular weight excluding hydrogens is 394 g/mol. The van der Waals surface area contributed by atoms with Gasteiger partial charge in [-0.25, -0.2) is 12.7 Å². The number of rotatable bonds is 5. The second kappa shape index (κ2) is 6.84. The highest BCUT2D eigenvalue weighted by Gasteiger charge is 2.44. The lowest BCUT2D eigenvalue weighted by Crippen LogP contribution is -2.40. The van der Waals surface area contributed by atoms with Crippen LogP contribution in [0.1, 0.15) is 16.0 Å². The fourth-order valence-corrected chi connectivity index (χ4v) is 5.27. The van der Waals surface area contributed by atoms with E-state index >= 15 is 0 Å². The predicted molar refractivity (Wildman–Crippen MR) is 95.8 cm³/mol. The van der Waals surface area contributed by atoms with E-state index in [-0.39, 0.29) is 22.9 Å². The van der Waals surface area contributed by atoms with Crippen molar-refractivity contribution >= 4 is 31.6 Å². The zero-order valence-electron chi connectivity index (χ0n) is 13.1. The number of hydrogen-bond donors (Lipinski definition) is 1. The molecule has 128 valence electrons. The van der Waals surface area contributed by atoms with Gasteiger partial charge in [0.15, 0.2) is 6.23 Å². The normalized spacial score (nSPS) is 20.2. The first-order valence-corrected chi connectivity index (χ1v) is 9.89. The zero-order valence-corrected chi connectivity index (χ0v) is 15.5. The molecule has 0 bridgehead atoms. The number of para-hydroxylation sites is 1. The van der Waals surface area contributed by atoms with Gasteiger partial charge in [0.2, 0.25) is 0 Å². The second-order valence-corrected chi connectivity index (χ2v) is 8.36. The van der Waals surface area contributed by atoms with Crippen LogP contribution in [-0.2, 0) is 14.8 Å². The lowest BCUT2D eigenvalue weighted by molar-refractivity contribution is 0.0395. The van der Waals surface area contributed by atoms with Gasteiger partial charge in [0, 0.05) is 0 Å². The van der Waals surface area contributed by atoms with E-state index in [0.717, 1.165) is 11.1 Å². The smallest absolute Gasteiger partial charge is 0.266 e. The summed E-state index contributed by atoms with van der Waals surface area (Å²) in [6.07, 6.45) is -0.749. The van der Waals surface area contributed by atoms with Gasteiger partial charge in [-0.05, 0) is 30.7 Å². The summed E-state index contributed by atoms with van der Waals surface area (Å²) in [6.45, 7) is 1.79. The number of anilines is 1. The number of halogens is 1. The van der Waals surface area contributed by atoms with Crippen LogP contribution in [-0.4, -0.2) is 33.0 Å². The Balaban J connectivity index is 2.09. The van der Waals surface area contributed by atoms with Crippen LogP contribution in [0.5, 0.6) is 0 Å². The van der Waals surface area contributed by atoms with Crippen LogP contribution in [0, 0.1) is 6.92 Å². The molecule has 0 radical (unpaired) electrons. The summed E-state index contributed by atoms with van der Waals surface area (Å²) in [5.41, 5.74) is 2.42. The molecule has 24 heavy (non-hydrogen) atoms. The minimum atomic E-state index is -3.78. The number of aliphatic hydroxyl groups excluding tert-OH is 1. The molecule has 0 saturated heterocycles. The summed E-state index contributed by atoms with van der Waals surface area (Å²) in [5, 5.41) is 9.06. The number of hydrogen-bond acceptors (Lipinski definition) is 4. The van der Waals surface area contributed by atoms with Crippen LogP contribution in [0.3, 0.4) is 0 Å². The van der Waals surface area contributed by atoms with Gasteiger partial charge in [-0.1, -0.05) is 51.8 Å². The third kappa shape index (κ3) is 2.97. The van der Waals surface area contributed by atoms with E-state index in [1.54, 1.807) is 36.4 Å². The number of aryl methyl sites for hydroxylation is 1. The first-order valence-electron chi connectivity index (χ1n) is 7.53. The van der Waals surface area contributed by atoms with E-state index in [9.17, 15) is 8.42 Å². The quantitative estimate of drug-likeness (QED) is 0.767. The predicted octanol–water partition coefficient (Wildman–Crippen LogP) is 2.97. The Morgan fingerprint density at radius 3 is 2.50 bits per heavy atom. The van der Waals surface area contributed by atoms with Gasteiger partial charge >= 0.3 is 0 Å². The highest BCUT2D eigenvalue weighted by atomic mass is 79.9. The maximum absolute atomic E-state index is 13.2. The van der Waals surface area contributed by atoms with E-state index in [1.165, 1.54) is 4.31 Å². The Morgan fingerprint density at radius 2 is 1.83 bits per heavy atom. The molecule has 7 heteroatoms. The number of ether oxygens (including phenoxy) is 1. The van der Waals surface area contributed by atoms with Crippen LogP contribution in [0.25, 0.3) is 0 Å². The molecule has 3 rings (SSSR count). The number of fused-ring (bicyclic) bond motifs is 1. The lowest BCUT2D eigenvalue weighted by atomic mass is 10.2. The van der Waals surface area contributed by atoms with Crippen LogP contribution in [0.4, 0.5) is 5.69 Å². The molecule has 0 fully saturated rings. The Labute approximate surface area is 150 Å². The Morgan fingerprint density at radius 1 is 1.17 bits per heavy atom. The molecule has 0 amide bonds. The van der Waals surface area contributed by atoms with E-state index < -0.39 is 16.3 Å². The average Bonchev–Trinajstić information content (AvgIpc) is 2.86. The minimum Gasteiger partial charge on any atom is -0.394 e. The van der Waals surface area contributed by atoms with E-state index in [2.05, 4.69) is 15.9 Å². The molecule has 2 aromatic carbocycles. The van der Waals surface area contributed by atoms with Crippen molar-refractivity contribution in [3.05, 3.63) is 59.7 Å². The molecule has 0 spiro atoms. The topological polar surface area (TPSA) is 66.8 Å². The van der Waals surface area contributed by atoms with Crippen molar-refractivity contribution in [2.45, 2.75) is 22.9 Å². The fourth-order valence-electron chi connectivity index (χ4n) is 2.75. The molecular formula is C17H18BrNO4S. The molecule has 0 unspecified atom stereocenters. The van der Waals surface area contributed by atoms with Gasteiger partial charge in [-0.3, -0.25) is 0 Å². The highest BCUT2D eigenvalue weighted by molar-refractivity contribution is 9.09. The highest BCUT2D eigenvalue weighted by Crippen LogP contribution is 2.47. The molecule has 0 saturated carbocycles. The molecule has 0 aromatic heterocycles. The summed E-state index contributed by atoms with van der Waals surface area (Å²) in [4.78, 5) is -0.0948. The Hall–Kier alpha value is -1.41. The minimum absolute atomic E-state index is 0.0562. The second-order valence-electron chi connectivity index (χ2n) is 5.56. The number of sulfonamides is 1. The molecule has 2 aromatic rings. The number of alkyl halides is 1. The van der Waals surface area contributed by atoms with Gasteiger partial charge in [-0.15, -0.1) is 0 Å². The van der Waals surface area contributed by atoms with Crippen molar-refractivity contribution < 1.29 is 18.3 Å². The molecule has 1 N–H and O–H groups in total. The van der Waals surface area contributed by atoms with Crippen molar-refractivity contribution in [2.24, 2.45) is 0 Å². The van der Waals surface area contributed by atoms with Crippen molar-refractivity contribution in [1.82, 2.24) is 0 Å². The van der Waals surface area contributed by atoms with E-state index in [0.29, 0.717) is 5.69 Å². The van der Waals surface area contributed by atoms with Crippen molar-refractivity contribution in [1.29, 1.82) is 0 Å². The lowest BCUT2D eigenvalue weighted by Gasteiger charge is -2.28. The average molecular weight is 412 g/mol. The summed E-state index contributed by atoms with van der Waals surface area (Å²) in [6, 6.07) is 14.0. The van der Waals surface area contributed by atoms with Gasteiger partial charge in [0.05, 0.1) is 28.6 Å². The molecule has 2 atom stereocenters. The standard InChI is InChI=1S/C17H18BrNO4S/c1-12-6-8-13(9-7-12)24(21,22)19-15-5-3-2-4-14(15)16(18)17(19)23-11-10-20/h2-9,16-17,20H,10-11H2,1H3/t16-,17+/m0/s1. The van der Waals surface area contributed by atoms with Crippen molar-refractivity contribution in [3.63, 3.8) is 0 Å². The number of aliphatic hydroxyl groups is 1. The molecule has 1 aliphatic heterocycles. The van der Waals surface area contributed by atoms with Gasteiger partial charge in [0.25, 0.3) is 10.0 Å². The van der Waals surface area contributed by atoms with Gasteiger partial charge in [-0.2, -0.15) is 0 Å². The van der Waals surface area contributed by atoms with Gasteiger partial charge < -0.3 is 9.84 Å². The van der Waals surface area contributed by atoms with E-state index in [1.807, 2.05) is 19.1 Å². The van der Waals surface area contributed by atoms with E-state index in [4.69, 9.17) is 9.84 Å². The Bertz CT molecular complexity index is 823. The van der Waals surface area contributed by atoms with Gasteiger partial charge in [0.1, 0.15) is 0 Å². The van der Waals surface area contributed by atoms with Crippen LogP contribution < -0.4 is 4.31 Å². The number of benzene rings is 2. The fraction of sp³-hybridized carbons (Fsp3) is 0.294. The summed E-state index contributed by atoms with van der Waals surface area (Å²) < 4.78 is 33.3.